The van der Waals surface area contributed by atoms with Crippen LogP contribution >= 0.6 is 11.3 Å². The predicted molar refractivity (Wildman–Crippen MR) is 130 cm³/mol. The first-order chi connectivity index (χ1) is 16.8. The molecule has 1 fully saturated rings. The fraction of sp³-hybridized carbons (Fsp3) is 0.273. The van der Waals surface area contributed by atoms with Crippen molar-refractivity contribution in [2.75, 3.05) is 23.7 Å². The second kappa shape index (κ2) is 9.32. The minimum Gasteiger partial charge on any atom is -0.381 e. The first kappa shape index (κ1) is 23.3. The Morgan fingerprint density at radius 3 is 2.71 bits per heavy atom. The Kier molecular flexibility index (Phi) is 6.21. The fourth-order valence-corrected chi connectivity index (χ4v) is 6.09. The van der Waals surface area contributed by atoms with Crippen LogP contribution in [0.25, 0.3) is 21.8 Å². The van der Waals surface area contributed by atoms with Gasteiger partial charge in [0.15, 0.2) is 10.8 Å². The Balaban J connectivity index is 1.59. The Bertz CT molecular complexity index is 1480. The van der Waals surface area contributed by atoms with Crippen LogP contribution in [0.15, 0.2) is 47.8 Å². The molecule has 0 atom stereocenters. The zero-order valence-electron chi connectivity index (χ0n) is 18.7. The minimum atomic E-state index is -4.08. The third-order valence-corrected chi connectivity index (χ3v) is 8.08. The molecule has 0 radical (unpaired) electrons. The topological polar surface area (TPSA) is 138 Å². The van der Waals surface area contributed by atoms with Gasteiger partial charge in [-0.25, -0.2) is 19.3 Å². The summed E-state index contributed by atoms with van der Waals surface area (Å²) < 4.78 is 50.4. The lowest BCUT2D eigenvalue weighted by Crippen LogP contribution is -2.15. The first-order valence-corrected chi connectivity index (χ1v) is 13.1. The standard InChI is InChI=1S/C22H22FN7O3S2/c1-30-10-6-17(28-30)35(31,32)29-15-4-2-3-14(18(15)23)19-20(16-5-9-25-22(24)26-16)34-21(27-19)13-7-11-33-12-8-13/h2-6,9-10,13,29H,7-8,11-12H2,1H3,(H2,24,25,26). The third-order valence-electron chi connectivity index (χ3n) is 5.58. The summed E-state index contributed by atoms with van der Waals surface area (Å²) in [5.41, 5.74) is 6.62. The molecule has 0 saturated carbocycles. The molecule has 4 aromatic rings. The summed E-state index contributed by atoms with van der Waals surface area (Å²) >= 11 is 1.42. The van der Waals surface area contributed by atoms with Gasteiger partial charge in [-0.15, -0.1) is 11.3 Å². The summed E-state index contributed by atoms with van der Waals surface area (Å²) in [5, 5.41) is 4.53. The first-order valence-electron chi connectivity index (χ1n) is 10.8. The molecule has 1 aromatic carbocycles. The van der Waals surface area contributed by atoms with Crippen molar-refractivity contribution in [1.82, 2.24) is 24.7 Å². The smallest absolute Gasteiger partial charge is 0.281 e. The number of thiazole rings is 1. The highest BCUT2D eigenvalue weighted by atomic mass is 32.2. The third kappa shape index (κ3) is 4.74. The number of aryl methyl sites for hydroxylation is 1. The number of hydrogen-bond acceptors (Lipinski definition) is 9. The van der Waals surface area contributed by atoms with Crippen LogP contribution in [0.1, 0.15) is 23.8 Å². The van der Waals surface area contributed by atoms with E-state index in [1.54, 1.807) is 25.2 Å². The van der Waals surface area contributed by atoms with Crippen molar-refractivity contribution in [2.24, 2.45) is 7.05 Å². The molecule has 4 heterocycles. The number of halogens is 1. The van der Waals surface area contributed by atoms with E-state index in [9.17, 15) is 8.42 Å². The quantitative estimate of drug-likeness (QED) is 0.398. The molecule has 0 unspecified atom stereocenters. The number of nitrogen functional groups attached to an aromatic ring is 1. The number of ether oxygens (including phenoxy) is 1. The zero-order valence-corrected chi connectivity index (χ0v) is 20.3. The number of nitrogens with one attached hydrogen (secondary N) is 1. The lowest BCUT2D eigenvalue weighted by atomic mass is 10.0. The predicted octanol–water partition coefficient (Wildman–Crippen LogP) is 3.42. The van der Waals surface area contributed by atoms with Gasteiger partial charge >= 0.3 is 0 Å². The number of sulfonamides is 1. The van der Waals surface area contributed by atoms with Gasteiger partial charge in [-0.1, -0.05) is 6.07 Å². The summed E-state index contributed by atoms with van der Waals surface area (Å²) in [7, 11) is -2.49. The fourth-order valence-electron chi connectivity index (χ4n) is 3.84. The number of hydrogen-bond donors (Lipinski definition) is 2. The van der Waals surface area contributed by atoms with Gasteiger partial charge in [0, 0.05) is 44.1 Å². The summed E-state index contributed by atoms with van der Waals surface area (Å²) in [6, 6.07) is 7.51. The van der Waals surface area contributed by atoms with E-state index in [1.807, 2.05) is 0 Å². The van der Waals surface area contributed by atoms with Crippen LogP contribution in [0.2, 0.25) is 0 Å². The van der Waals surface area contributed by atoms with Gasteiger partial charge < -0.3 is 10.5 Å². The monoisotopic (exact) mass is 515 g/mol. The van der Waals surface area contributed by atoms with E-state index in [0.717, 1.165) is 17.8 Å². The van der Waals surface area contributed by atoms with Crippen LogP contribution in [-0.2, 0) is 21.8 Å². The number of aromatic nitrogens is 5. The SMILES string of the molecule is Cn1ccc(S(=O)(=O)Nc2cccc(-c3nc(C4CCOCC4)sc3-c3ccnc(N)n3)c2F)n1. The van der Waals surface area contributed by atoms with Crippen molar-refractivity contribution in [2.45, 2.75) is 23.8 Å². The van der Waals surface area contributed by atoms with Gasteiger partial charge in [-0.3, -0.25) is 9.40 Å². The maximum Gasteiger partial charge on any atom is 0.281 e. The van der Waals surface area contributed by atoms with E-state index in [0.29, 0.717) is 29.5 Å². The van der Waals surface area contributed by atoms with Crippen LogP contribution < -0.4 is 10.5 Å². The second-order valence-corrected chi connectivity index (χ2v) is 10.7. The number of rotatable bonds is 6. The van der Waals surface area contributed by atoms with Crippen molar-refractivity contribution >= 4 is 33.0 Å². The Hall–Kier alpha value is -3.42. The van der Waals surface area contributed by atoms with E-state index in [1.165, 1.54) is 40.5 Å². The molecule has 0 aliphatic carbocycles. The Morgan fingerprint density at radius 1 is 1.20 bits per heavy atom. The number of nitrogens with two attached hydrogens (primary N) is 1. The average molecular weight is 516 g/mol. The van der Waals surface area contributed by atoms with Gasteiger partial charge in [0.05, 0.1) is 27.0 Å². The summed E-state index contributed by atoms with van der Waals surface area (Å²) in [6.45, 7) is 1.27. The molecule has 3 aromatic heterocycles. The van der Waals surface area contributed by atoms with E-state index in [2.05, 4.69) is 19.8 Å². The van der Waals surface area contributed by atoms with E-state index >= 15 is 4.39 Å². The van der Waals surface area contributed by atoms with Crippen LogP contribution in [-0.4, -0.2) is 46.4 Å². The van der Waals surface area contributed by atoms with Gasteiger partial charge in [0.25, 0.3) is 10.0 Å². The molecule has 10 nitrogen and oxygen atoms in total. The molecule has 0 spiro atoms. The molecular weight excluding hydrogens is 493 g/mol. The molecular formula is C22H22FN7O3S2. The van der Waals surface area contributed by atoms with Gasteiger partial charge in [0.1, 0.15) is 0 Å². The lowest BCUT2D eigenvalue weighted by Gasteiger charge is -2.19. The highest BCUT2D eigenvalue weighted by Crippen LogP contribution is 2.42. The Morgan fingerprint density at radius 2 is 2.00 bits per heavy atom. The molecule has 1 aliphatic heterocycles. The minimum absolute atomic E-state index is 0.0896. The van der Waals surface area contributed by atoms with Crippen molar-refractivity contribution in [1.29, 1.82) is 0 Å². The van der Waals surface area contributed by atoms with Crippen LogP contribution in [0, 0.1) is 5.82 Å². The zero-order chi connectivity index (χ0) is 24.6. The number of nitrogens with zero attached hydrogens (tertiary/aromatic N) is 5. The highest BCUT2D eigenvalue weighted by Gasteiger charge is 2.27. The number of anilines is 2. The van der Waals surface area contributed by atoms with Crippen molar-refractivity contribution in [3.05, 3.63) is 53.6 Å². The van der Waals surface area contributed by atoms with Crippen molar-refractivity contribution in [3.63, 3.8) is 0 Å². The average Bonchev–Trinajstić information content (AvgIpc) is 3.48. The molecule has 5 rings (SSSR count). The normalized spacial score (nSPS) is 14.8. The summed E-state index contributed by atoms with van der Waals surface area (Å²) in [4.78, 5) is 13.7. The van der Waals surface area contributed by atoms with Crippen molar-refractivity contribution < 1.29 is 17.5 Å². The number of benzene rings is 1. The van der Waals surface area contributed by atoms with Crippen LogP contribution in [0.3, 0.4) is 0 Å². The molecule has 1 aliphatic rings. The molecule has 35 heavy (non-hydrogen) atoms. The van der Waals surface area contributed by atoms with E-state index < -0.39 is 15.8 Å². The van der Waals surface area contributed by atoms with Gasteiger partial charge in [-0.05, 0) is 37.1 Å². The van der Waals surface area contributed by atoms with Crippen LogP contribution in [0.4, 0.5) is 16.0 Å². The maximum atomic E-state index is 15.8. The maximum absolute atomic E-state index is 15.8. The summed E-state index contributed by atoms with van der Waals surface area (Å²) in [6.07, 6.45) is 4.65. The van der Waals surface area contributed by atoms with Crippen LogP contribution in [0.5, 0.6) is 0 Å². The van der Waals surface area contributed by atoms with Gasteiger partial charge in [0.2, 0.25) is 5.95 Å². The molecule has 3 N–H and O–H groups in total. The Labute approximate surface area is 205 Å². The second-order valence-electron chi connectivity index (χ2n) is 8.02. The van der Waals surface area contributed by atoms with E-state index in [4.69, 9.17) is 15.5 Å². The van der Waals surface area contributed by atoms with Gasteiger partial charge in [-0.2, -0.15) is 13.5 Å². The molecule has 13 heteroatoms. The molecule has 0 bridgehead atoms. The van der Waals surface area contributed by atoms with E-state index in [-0.39, 0.29) is 28.1 Å². The molecule has 182 valence electrons. The van der Waals surface area contributed by atoms with Crippen molar-refractivity contribution in [3.8, 4) is 21.8 Å². The molecule has 1 saturated heterocycles. The largest absolute Gasteiger partial charge is 0.381 e. The summed E-state index contributed by atoms with van der Waals surface area (Å²) in [5.74, 6) is -0.486. The molecule has 0 amide bonds. The highest BCUT2D eigenvalue weighted by molar-refractivity contribution is 7.92. The lowest BCUT2D eigenvalue weighted by molar-refractivity contribution is 0.0853.